The van der Waals surface area contributed by atoms with Crippen LogP contribution in [0.15, 0.2) is 188 Å². The number of rotatable bonds is 6. The van der Waals surface area contributed by atoms with Crippen molar-refractivity contribution in [3.8, 4) is 33.5 Å². The molecule has 0 N–H and O–H groups in total. The molecule has 0 aliphatic heterocycles. The molecule has 0 unspecified atom stereocenters. The first-order chi connectivity index (χ1) is 24.7. The van der Waals surface area contributed by atoms with Crippen LogP contribution < -0.4 is 15.9 Å². The molecule has 0 bridgehead atoms. The van der Waals surface area contributed by atoms with E-state index < -0.39 is 7.14 Å². The fourth-order valence-electron chi connectivity index (χ4n) is 7.03. The van der Waals surface area contributed by atoms with E-state index >= 15 is 0 Å². The number of nitrogens with zero attached hydrogens (tertiary/aromatic N) is 2. The van der Waals surface area contributed by atoms with Crippen molar-refractivity contribution in [3.05, 3.63) is 188 Å². The number of benzene rings is 7. The molecule has 0 amide bonds. The molecule has 9 rings (SSSR count). The topological polar surface area (TPSA) is 42.9 Å². The molecule has 50 heavy (non-hydrogen) atoms. The van der Waals surface area contributed by atoms with Gasteiger partial charge in [0.2, 0.25) is 0 Å². The highest BCUT2D eigenvalue weighted by Crippen LogP contribution is 2.43. The molecule has 4 heteroatoms. The molecule has 2 aromatic heterocycles. The Morgan fingerprint density at radius 1 is 0.360 bits per heavy atom. The molecular weight excluding hydrogens is 627 g/mol. The first-order valence-electron chi connectivity index (χ1n) is 16.8. The van der Waals surface area contributed by atoms with Crippen LogP contribution in [-0.4, -0.2) is 9.97 Å². The number of aromatic nitrogens is 2. The number of fused-ring (bicyclic) bond motifs is 4. The highest BCUT2D eigenvalue weighted by molar-refractivity contribution is 7.85. The minimum absolute atomic E-state index is 0.819. The first-order valence-corrected chi connectivity index (χ1v) is 18.5. The summed E-state index contributed by atoms with van der Waals surface area (Å²) in [6.07, 6.45) is 0. The SMILES string of the molecule is O=P(c1ccccc1)(c1ccccc1)c1ccc(-c2ccc(-c3ccc4ccc5c(-c6ccccc6)c6ccccc6nc5c4n3)cc2)cc1. The minimum atomic E-state index is -3.02. The Balaban J connectivity index is 1.09. The summed E-state index contributed by atoms with van der Waals surface area (Å²) in [7, 11) is -3.02. The fraction of sp³-hybridized carbons (Fsp3) is 0. The maximum Gasteiger partial charge on any atom is 0.171 e. The molecule has 0 radical (unpaired) electrons. The smallest absolute Gasteiger partial charge is 0.171 e. The molecule has 0 saturated heterocycles. The average Bonchev–Trinajstić information content (AvgIpc) is 3.20. The summed E-state index contributed by atoms with van der Waals surface area (Å²) < 4.78 is 14.8. The van der Waals surface area contributed by atoms with Gasteiger partial charge in [0.15, 0.2) is 7.14 Å². The molecule has 9 aromatic rings. The van der Waals surface area contributed by atoms with Gasteiger partial charge in [-0.15, -0.1) is 0 Å². The summed E-state index contributed by atoms with van der Waals surface area (Å²) in [5.74, 6) is 0. The van der Waals surface area contributed by atoms with Gasteiger partial charge in [0, 0.05) is 43.2 Å². The van der Waals surface area contributed by atoms with Gasteiger partial charge in [0.1, 0.15) is 0 Å². The Morgan fingerprint density at radius 3 is 1.54 bits per heavy atom. The fourth-order valence-corrected chi connectivity index (χ4v) is 9.68. The zero-order chi connectivity index (χ0) is 33.5. The largest absolute Gasteiger partial charge is 0.309 e. The summed E-state index contributed by atoms with van der Waals surface area (Å²) in [6.45, 7) is 0. The van der Waals surface area contributed by atoms with Gasteiger partial charge in [-0.2, -0.15) is 0 Å². The number of hydrogen-bond acceptors (Lipinski definition) is 3. The molecule has 7 aromatic carbocycles. The number of para-hydroxylation sites is 1. The molecule has 0 aliphatic carbocycles. The summed E-state index contributed by atoms with van der Waals surface area (Å²) in [5, 5.41) is 5.77. The lowest BCUT2D eigenvalue weighted by atomic mass is 9.95. The van der Waals surface area contributed by atoms with E-state index in [4.69, 9.17) is 9.97 Å². The van der Waals surface area contributed by atoms with Crippen LogP contribution in [0.1, 0.15) is 0 Å². The Bertz CT molecular complexity index is 2650. The van der Waals surface area contributed by atoms with Gasteiger partial charge in [0.25, 0.3) is 0 Å². The van der Waals surface area contributed by atoms with E-state index in [0.717, 1.165) is 76.6 Å². The Morgan fingerprint density at radius 2 is 0.880 bits per heavy atom. The van der Waals surface area contributed by atoms with E-state index in [1.807, 2.05) is 78.9 Å². The van der Waals surface area contributed by atoms with Crippen molar-refractivity contribution in [1.82, 2.24) is 9.97 Å². The standard InChI is InChI=1S/C46H31N2OP/c49-50(37-14-6-2-7-15-37,38-16-8-3-9-17-38)39-28-24-33(25-29-39)32-20-22-34(23-21-32)42-31-27-36-26-30-41-44(35-12-4-1-5-13-35)40-18-10-11-19-43(40)48-46(41)45(36)47-42/h1-31H. The summed E-state index contributed by atoms with van der Waals surface area (Å²) >= 11 is 0. The molecule has 0 spiro atoms. The maximum absolute atomic E-state index is 14.8. The van der Waals surface area contributed by atoms with Gasteiger partial charge in [0.05, 0.1) is 22.2 Å². The second-order valence-electron chi connectivity index (χ2n) is 12.5. The number of pyridine rings is 2. The maximum atomic E-state index is 14.8. The van der Waals surface area contributed by atoms with E-state index in [-0.39, 0.29) is 0 Å². The molecular formula is C46H31N2OP. The highest BCUT2D eigenvalue weighted by atomic mass is 31.2. The van der Waals surface area contributed by atoms with Gasteiger partial charge in [-0.25, -0.2) is 9.97 Å². The molecule has 0 aliphatic rings. The van der Waals surface area contributed by atoms with Gasteiger partial charge in [-0.3, -0.25) is 0 Å². The Labute approximate surface area is 290 Å². The van der Waals surface area contributed by atoms with E-state index in [9.17, 15) is 4.57 Å². The van der Waals surface area contributed by atoms with Crippen molar-refractivity contribution in [3.63, 3.8) is 0 Å². The van der Waals surface area contributed by atoms with Crippen LogP contribution in [0.4, 0.5) is 0 Å². The van der Waals surface area contributed by atoms with Crippen molar-refractivity contribution in [2.45, 2.75) is 0 Å². The van der Waals surface area contributed by atoms with E-state index in [1.165, 1.54) is 5.56 Å². The summed E-state index contributed by atoms with van der Waals surface area (Å²) in [4.78, 5) is 10.4. The lowest BCUT2D eigenvalue weighted by Crippen LogP contribution is -2.24. The first kappa shape index (κ1) is 29.9. The lowest BCUT2D eigenvalue weighted by Gasteiger charge is -2.20. The molecule has 2 heterocycles. The molecule has 0 atom stereocenters. The number of hydrogen-bond donors (Lipinski definition) is 0. The average molecular weight is 659 g/mol. The van der Waals surface area contributed by atoms with Crippen LogP contribution in [0.3, 0.4) is 0 Å². The van der Waals surface area contributed by atoms with E-state index in [1.54, 1.807) is 0 Å². The van der Waals surface area contributed by atoms with E-state index in [0.29, 0.717) is 0 Å². The summed E-state index contributed by atoms with van der Waals surface area (Å²) in [6, 6.07) is 63.7. The van der Waals surface area contributed by atoms with Crippen molar-refractivity contribution in [1.29, 1.82) is 0 Å². The quantitative estimate of drug-likeness (QED) is 0.101. The Hall–Kier alpha value is -6.15. The Kier molecular flexibility index (Phi) is 7.42. The van der Waals surface area contributed by atoms with Crippen LogP contribution in [0.5, 0.6) is 0 Å². The van der Waals surface area contributed by atoms with Gasteiger partial charge in [-0.05, 0) is 28.8 Å². The van der Waals surface area contributed by atoms with Crippen LogP contribution in [0.25, 0.3) is 66.2 Å². The third-order valence-electron chi connectivity index (χ3n) is 9.56. The molecule has 3 nitrogen and oxygen atoms in total. The van der Waals surface area contributed by atoms with Crippen LogP contribution >= 0.6 is 7.14 Å². The zero-order valence-electron chi connectivity index (χ0n) is 27.1. The van der Waals surface area contributed by atoms with Gasteiger partial charge in [-0.1, -0.05) is 176 Å². The third kappa shape index (κ3) is 5.11. The van der Waals surface area contributed by atoms with Gasteiger partial charge < -0.3 is 4.57 Å². The van der Waals surface area contributed by atoms with Crippen molar-refractivity contribution in [2.24, 2.45) is 0 Å². The lowest BCUT2D eigenvalue weighted by molar-refractivity contribution is 0.592. The normalized spacial score (nSPS) is 11.7. The molecule has 236 valence electrons. The molecule has 0 saturated carbocycles. The summed E-state index contributed by atoms with van der Waals surface area (Å²) in [5.41, 5.74) is 9.18. The monoisotopic (exact) mass is 658 g/mol. The van der Waals surface area contributed by atoms with Crippen LogP contribution in [0.2, 0.25) is 0 Å². The predicted molar refractivity (Wildman–Crippen MR) is 210 cm³/mol. The third-order valence-corrected chi connectivity index (χ3v) is 12.6. The minimum Gasteiger partial charge on any atom is -0.309 e. The predicted octanol–water partition coefficient (Wildman–Crippen LogP) is 10.6. The van der Waals surface area contributed by atoms with Crippen LogP contribution in [0, 0.1) is 0 Å². The second-order valence-corrected chi connectivity index (χ2v) is 15.3. The zero-order valence-corrected chi connectivity index (χ0v) is 28.0. The second kappa shape index (κ2) is 12.4. The van der Waals surface area contributed by atoms with Crippen molar-refractivity contribution in [2.75, 3.05) is 0 Å². The van der Waals surface area contributed by atoms with Crippen molar-refractivity contribution >= 4 is 55.8 Å². The van der Waals surface area contributed by atoms with Crippen molar-refractivity contribution < 1.29 is 4.57 Å². The highest BCUT2D eigenvalue weighted by Gasteiger charge is 2.29. The van der Waals surface area contributed by atoms with Gasteiger partial charge >= 0.3 is 0 Å². The van der Waals surface area contributed by atoms with Crippen LogP contribution in [-0.2, 0) is 4.57 Å². The molecule has 0 fully saturated rings. The van der Waals surface area contributed by atoms with E-state index in [2.05, 4.69) is 109 Å².